The van der Waals surface area contributed by atoms with E-state index in [2.05, 4.69) is 10.4 Å². The van der Waals surface area contributed by atoms with Gasteiger partial charge in [0, 0.05) is 43.5 Å². The van der Waals surface area contributed by atoms with Crippen LogP contribution in [0.3, 0.4) is 0 Å². The number of carbonyl (C=O) groups excluding carboxylic acids is 1. The molecule has 6 nitrogen and oxygen atoms in total. The van der Waals surface area contributed by atoms with Crippen LogP contribution in [0.25, 0.3) is 11.1 Å². The molecule has 0 radical (unpaired) electrons. The predicted octanol–water partition coefficient (Wildman–Crippen LogP) is 1.65. The number of aromatic nitrogens is 2. The zero-order chi connectivity index (χ0) is 17.3. The molecule has 0 bridgehead atoms. The maximum absolute atomic E-state index is 14.3. The van der Waals surface area contributed by atoms with Crippen molar-refractivity contribution in [1.29, 1.82) is 5.26 Å². The molecule has 1 N–H and O–H groups in total. The number of nitrogens with one attached hydrogen (secondary N) is 1. The molecule has 1 aromatic carbocycles. The Morgan fingerprint density at radius 1 is 1.42 bits per heavy atom. The highest BCUT2D eigenvalue weighted by Gasteiger charge is 2.24. The number of nitrogens with zero attached hydrogens (tertiary/aromatic N) is 4. The molecule has 1 atom stereocenters. The van der Waals surface area contributed by atoms with E-state index in [0.29, 0.717) is 25.1 Å². The molecule has 1 aliphatic heterocycles. The summed E-state index contributed by atoms with van der Waals surface area (Å²) in [6, 6.07) is 1.82. The minimum Gasteiger partial charge on any atom is -0.347 e. The molecule has 2 heterocycles. The smallest absolute Gasteiger partial charge is 0.251 e. The lowest BCUT2D eigenvalue weighted by Crippen LogP contribution is -2.36. The van der Waals surface area contributed by atoms with E-state index in [9.17, 15) is 13.6 Å². The largest absolute Gasteiger partial charge is 0.347 e. The Kier molecular flexibility index (Phi) is 4.16. The first-order valence-electron chi connectivity index (χ1n) is 7.41. The van der Waals surface area contributed by atoms with Crippen molar-refractivity contribution < 1.29 is 13.6 Å². The number of hydrogen-bond acceptors (Lipinski definition) is 4. The molecule has 1 fully saturated rings. The van der Waals surface area contributed by atoms with Crippen molar-refractivity contribution in [3.8, 4) is 17.3 Å². The van der Waals surface area contributed by atoms with Crippen molar-refractivity contribution in [3.63, 3.8) is 0 Å². The fourth-order valence-corrected chi connectivity index (χ4v) is 2.77. The molecule has 1 aromatic heterocycles. The summed E-state index contributed by atoms with van der Waals surface area (Å²) in [5, 5.41) is 15.4. The van der Waals surface area contributed by atoms with Gasteiger partial charge < -0.3 is 10.2 Å². The number of amides is 1. The van der Waals surface area contributed by atoms with E-state index in [-0.39, 0.29) is 17.2 Å². The molecule has 1 amide bonds. The lowest BCUT2D eigenvalue weighted by Gasteiger charge is -2.13. The zero-order valence-electron chi connectivity index (χ0n) is 13.0. The Morgan fingerprint density at radius 3 is 2.67 bits per heavy atom. The molecule has 24 heavy (non-hydrogen) atoms. The zero-order valence-corrected chi connectivity index (χ0v) is 13.0. The van der Waals surface area contributed by atoms with Crippen molar-refractivity contribution >= 4 is 5.91 Å². The van der Waals surface area contributed by atoms with Gasteiger partial charge in [0.05, 0.1) is 11.8 Å². The summed E-state index contributed by atoms with van der Waals surface area (Å²) in [6.45, 7) is 0.963. The van der Waals surface area contributed by atoms with Gasteiger partial charge in [0.2, 0.25) is 0 Å². The fraction of sp³-hybridized carbons (Fsp3) is 0.312. The van der Waals surface area contributed by atoms with Crippen LogP contribution in [0.15, 0.2) is 24.5 Å². The second-order valence-corrected chi connectivity index (χ2v) is 5.72. The molecule has 124 valence electrons. The summed E-state index contributed by atoms with van der Waals surface area (Å²) in [5.41, 5.74) is 0.00383. The Morgan fingerprint density at radius 2 is 2.12 bits per heavy atom. The van der Waals surface area contributed by atoms with Crippen molar-refractivity contribution in [3.05, 3.63) is 41.7 Å². The highest BCUT2D eigenvalue weighted by molar-refractivity contribution is 5.95. The van der Waals surface area contributed by atoms with Crippen molar-refractivity contribution in [2.24, 2.45) is 7.05 Å². The van der Waals surface area contributed by atoms with Crippen LogP contribution in [0.2, 0.25) is 0 Å². The van der Waals surface area contributed by atoms with E-state index in [0.717, 1.165) is 12.1 Å². The lowest BCUT2D eigenvalue weighted by atomic mass is 10.0. The van der Waals surface area contributed by atoms with Gasteiger partial charge in [0.15, 0.2) is 6.19 Å². The van der Waals surface area contributed by atoms with Crippen LogP contribution < -0.4 is 5.32 Å². The van der Waals surface area contributed by atoms with Gasteiger partial charge in [-0.25, -0.2) is 8.78 Å². The highest BCUT2D eigenvalue weighted by atomic mass is 19.1. The molecular formula is C16H15F2N5O. The number of likely N-dealkylation sites (tertiary alicyclic amines) is 1. The maximum atomic E-state index is 14.3. The van der Waals surface area contributed by atoms with Gasteiger partial charge >= 0.3 is 0 Å². The number of halogens is 2. The van der Waals surface area contributed by atoms with Gasteiger partial charge in [0.25, 0.3) is 5.91 Å². The normalized spacial score (nSPS) is 16.9. The average Bonchev–Trinajstić information content (AvgIpc) is 3.15. The Balaban J connectivity index is 1.80. The second kappa shape index (κ2) is 6.28. The van der Waals surface area contributed by atoms with E-state index >= 15 is 0 Å². The summed E-state index contributed by atoms with van der Waals surface area (Å²) in [4.78, 5) is 13.7. The highest BCUT2D eigenvalue weighted by Crippen LogP contribution is 2.27. The second-order valence-electron chi connectivity index (χ2n) is 5.72. The first-order chi connectivity index (χ1) is 11.5. The minimum absolute atomic E-state index is 0.0898. The Labute approximate surface area is 137 Å². The van der Waals surface area contributed by atoms with Crippen LogP contribution in [-0.2, 0) is 7.05 Å². The molecule has 1 unspecified atom stereocenters. The summed E-state index contributed by atoms with van der Waals surface area (Å²) in [6.07, 6.45) is 5.48. The van der Waals surface area contributed by atoms with Crippen LogP contribution in [0, 0.1) is 23.1 Å². The molecule has 3 rings (SSSR count). The van der Waals surface area contributed by atoms with Crippen molar-refractivity contribution in [2.45, 2.75) is 12.5 Å². The van der Waals surface area contributed by atoms with Crippen LogP contribution >= 0.6 is 0 Å². The number of rotatable bonds is 3. The SMILES string of the molecule is Cn1cc(-c2c(F)cc(C(=O)NC3CCN(C#N)C3)cc2F)cn1. The standard InChI is InChI=1S/C16H15F2N5O/c1-22-7-11(6-20-22)15-13(17)4-10(5-14(15)18)16(24)21-12-2-3-23(8-12)9-19/h4-7,12H,2-3,8H2,1H3,(H,21,24). The third-order valence-electron chi connectivity index (χ3n) is 3.96. The summed E-state index contributed by atoms with van der Waals surface area (Å²) in [5.74, 6) is -2.20. The van der Waals surface area contributed by atoms with Gasteiger partial charge in [0.1, 0.15) is 11.6 Å². The molecule has 2 aromatic rings. The molecular weight excluding hydrogens is 316 g/mol. The minimum atomic E-state index is -0.821. The predicted molar refractivity (Wildman–Crippen MR) is 81.6 cm³/mol. The van der Waals surface area contributed by atoms with E-state index in [1.165, 1.54) is 22.0 Å². The number of hydrogen-bond donors (Lipinski definition) is 1. The first-order valence-corrected chi connectivity index (χ1v) is 7.41. The van der Waals surface area contributed by atoms with E-state index < -0.39 is 17.5 Å². The number of benzene rings is 1. The summed E-state index contributed by atoms with van der Waals surface area (Å²) >= 11 is 0. The third-order valence-corrected chi connectivity index (χ3v) is 3.96. The number of nitriles is 1. The van der Waals surface area contributed by atoms with E-state index in [1.54, 1.807) is 7.05 Å². The lowest BCUT2D eigenvalue weighted by molar-refractivity contribution is 0.0938. The maximum Gasteiger partial charge on any atom is 0.251 e. The number of carbonyl (C=O) groups is 1. The average molecular weight is 331 g/mol. The topological polar surface area (TPSA) is 74.0 Å². The third kappa shape index (κ3) is 3.06. The van der Waals surface area contributed by atoms with Crippen LogP contribution in [0.5, 0.6) is 0 Å². The van der Waals surface area contributed by atoms with Crippen molar-refractivity contribution in [1.82, 2.24) is 20.0 Å². The van der Waals surface area contributed by atoms with Gasteiger partial charge in [-0.1, -0.05) is 0 Å². The number of aryl methyl sites for hydroxylation is 1. The Bertz CT molecular complexity index is 803. The molecule has 8 heteroatoms. The first kappa shape index (κ1) is 15.9. The molecule has 1 saturated heterocycles. The van der Waals surface area contributed by atoms with Crippen LogP contribution in [-0.4, -0.2) is 39.7 Å². The van der Waals surface area contributed by atoms with Gasteiger partial charge in [-0.15, -0.1) is 0 Å². The van der Waals surface area contributed by atoms with Crippen LogP contribution in [0.1, 0.15) is 16.8 Å². The van der Waals surface area contributed by atoms with Gasteiger partial charge in [-0.3, -0.25) is 9.48 Å². The van der Waals surface area contributed by atoms with Crippen molar-refractivity contribution in [2.75, 3.05) is 13.1 Å². The molecule has 0 saturated carbocycles. The molecule has 0 spiro atoms. The van der Waals surface area contributed by atoms with E-state index in [4.69, 9.17) is 5.26 Å². The molecule has 0 aliphatic carbocycles. The van der Waals surface area contributed by atoms with Crippen LogP contribution in [0.4, 0.5) is 8.78 Å². The fourth-order valence-electron chi connectivity index (χ4n) is 2.77. The summed E-state index contributed by atoms with van der Waals surface area (Å²) < 4.78 is 30.0. The molecule has 1 aliphatic rings. The van der Waals surface area contributed by atoms with Gasteiger partial charge in [-0.2, -0.15) is 10.4 Å². The van der Waals surface area contributed by atoms with E-state index in [1.807, 2.05) is 6.19 Å². The quantitative estimate of drug-likeness (QED) is 0.868. The monoisotopic (exact) mass is 331 g/mol. The van der Waals surface area contributed by atoms with Gasteiger partial charge in [-0.05, 0) is 18.6 Å². The Hall–Kier alpha value is -2.95. The summed E-state index contributed by atoms with van der Waals surface area (Å²) in [7, 11) is 1.65.